The number of anilines is 2. The monoisotopic (exact) mass is 418 g/mol. The lowest BCUT2D eigenvalue weighted by Gasteiger charge is -2.28. The molecule has 0 aliphatic carbocycles. The Morgan fingerprint density at radius 1 is 1.07 bits per heavy atom. The number of carbonyl (C=O) groups is 3. The number of benzene rings is 2. The second-order valence-electron chi connectivity index (χ2n) is 6.68. The highest BCUT2D eigenvalue weighted by Gasteiger charge is 2.41. The molecule has 1 aliphatic rings. The molecule has 3 rings (SSSR count). The van der Waals surface area contributed by atoms with Crippen molar-refractivity contribution in [2.24, 2.45) is 10.9 Å². The minimum Gasteiger partial charge on any atom is -0.378 e. The molecule has 2 aromatic carbocycles. The molecule has 1 aliphatic heterocycles. The number of amides is 4. The van der Waals surface area contributed by atoms with E-state index in [9.17, 15) is 27.6 Å². The molecule has 0 radical (unpaired) electrons. The van der Waals surface area contributed by atoms with Crippen molar-refractivity contribution in [1.29, 1.82) is 0 Å². The van der Waals surface area contributed by atoms with Crippen molar-refractivity contribution in [2.45, 2.75) is 6.18 Å². The van der Waals surface area contributed by atoms with Gasteiger partial charge < -0.3 is 4.90 Å². The highest BCUT2D eigenvalue weighted by atomic mass is 19.4. The van der Waals surface area contributed by atoms with Crippen LogP contribution in [0.1, 0.15) is 5.56 Å². The zero-order valence-electron chi connectivity index (χ0n) is 16.0. The summed E-state index contributed by atoms with van der Waals surface area (Å²) in [6.07, 6.45) is -3.59. The molecule has 1 atom stereocenters. The average Bonchev–Trinajstić information content (AvgIpc) is 2.67. The van der Waals surface area contributed by atoms with Gasteiger partial charge in [-0.05, 0) is 42.5 Å². The van der Waals surface area contributed by atoms with E-state index >= 15 is 0 Å². The van der Waals surface area contributed by atoms with Gasteiger partial charge in [0.1, 0.15) is 0 Å². The summed E-state index contributed by atoms with van der Waals surface area (Å²) in [5.41, 5.74) is 0.0581. The Bertz CT molecular complexity index is 1020. The second kappa shape index (κ2) is 7.97. The summed E-state index contributed by atoms with van der Waals surface area (Å²) in [5.74, 6) is -3.36. The molecule has 0 bridgehead atoms. The van der Waals surface area contributed by atoms with Crippen LogP contribution >= 0.6 is 0 Å². The Hall–Kier alpha value is -3.69. The first kappa shape index (κ1) is 21.0. The Morgan fingerprint density at radius 3 is 2.33 bits per heavy atom. The fourth-order valence-corrected chi connectivity index (χ4v) is 2.79. The number of alkyl halides is 3. The van der Waals surface area contributed by atoms with Gasteiger partial charge in [-0.2, -0.15) is 13.2 Å². The number of nitrogens with one attached hydrogen (secondary N) is 1. The molecule has 0 unspecified atom stereocenters. The minimum absolute atomic E-state index is 0.298. The Kier molecular flexibility index (Phi) is 5.59. The lowest BCUT2D eigenvalue weighted by atomic mass is 10.1. The largest absolute Gasteiger partial charge is 0.416 e. The number of carbonyl (C=O) groups excluding carboxylic acids is 3. The van der Waals surface area contributed by atoms with Gasteiger partial charge in [-0.1, -0.05) is 6.07 Å². The molecule has 10 heteroatoms. The Morgan fingerprint density at radius 2 is 1.73 bits per heavy atom. The summed E-state index contributed by atoms with van der Waals surface area (Å²) in [5, 5.41) is 1.97. The summed E-state index contributed by atoms with van der Waals surface area (Å²) < 4.78 is 38.9. The number of barbiturate groups is 1. The molecule has 0 aromatic heterocycles. The van der Waals surface area contributed by atoms with E-state index < -0.39 is 35.5 Å². The molecule has 1 N–H and O–H groups in total. The van der Waals surface area contributed by atoms with E-state index in [1.54, 1.807) is 24.3 Å². The van der Waals surface area contributed by atoms with Crippen molar-refractivity contribution < 1.29 is 27.6 Å². The van der Waals surface area contributed by atoms with E-state index in [1.807, 2.05) is 24.3 Å². The molecule has 1 saturated heterocycles. The van der Waals surface area contributed by atoms with Gasteiger partial charge in [0.2, 0.25) is 5.91 Å². The van der Waals surface area contributed by atoms with Gasteiger partial charge in [0.15, 0.2) is 5.92 Å². The summed E-state index contributed by atoms with van der Waals surface area (Å²) in [7, 11) is 3.73. The molecule has 4 amide bonds. The third-order valence-corrected chi connectivity index (χ3v) is 4.37. The van der Waals surface area contributed by atoms with E-state index in [1.165, 1.54) is 6.07 Å². The number of urea groups is 1. The molecule has 156 valence electrons. The van der Waals surface area contributed by atoms with Crippen molar-refractivity contribution in [2.75, 3.05) is 23.9 Å². The van der Waals surface area contributed by atoms with Crippen LogP contribution < -0.4 is 15.1 Å². The van der Waals surface area contributed by atoms with Crippen LogP contribution in [0.3, 0.4) is 0 Å². The quantitative estimate of drug-likeness (QED) is 0.610. The number of hydrogen-bond acceptors (Lipinski definition) is 5. The molecule has 7 nitrogen and oxygen atoms in total. The molecule has 30 heavy (non-hydrogen) atoms. The molecule has 0 spiro atoms. The number of hydrogen-bond donors (Lipinski definition) is 1. The van der Waals surface area contributed by atoms with Gasteiger partial charge >= 0.3 is 12.2 Å². The van der Waals surface area contributed by atoms with Crippen LogP contribution in [0.15, 0.2) is 53.5 Å². The first-order valence-electron chi connectivity index (χ1n) is 8.75. The van der Waals surface area contributed by atoms with E-state index in [-0.39, 0.29) is 5.69 Å². The van der Waals surface area contributed by atoms with Crippen molar-refractivity contribution >= 4 is 41.1 Å². The third kappa shape index (κ3) is 4.32. The molecule has 2 aromatic rings. The summed E-state index contributed by atoms with van der Waals surface area (Å²) in [6, 6.07) is 9.53. The lowest BCUT2D eigenvalue weighted by Crippen LogP contribution is -2.58. The fourth-order valence-electron chi connectivity index (χ4n) is 2.79. The van der Waals surface area contributed by atoms with Crippen LogP contribution in [0, 0.1) is 5.92 Å². The SMILES string of the molecule is CN(C)c1ccc(N=C[C@H]2C(=O)NC(=O)N(c3cccc(C(F)(F)F)c3)C2=O)cc1. The zero-order chi connectivity index (χ0) is 22.1. The van der Waals surface area contributed by atoms with Crippen molar-refractivity contribution in [3.05, 3.63) is 54.1 Å². The zero-order valence-corrected chi connectivity index (χ0v) is 16.0. The normalized spacial score (nSPS) is 17.4. The smallest absolute Gasteiger partial charge is 0.378 e. The average molecular weight is 418 g/mol. The van der Waals surface area contributed by atoms with E-state index in [4.69, 9.17) is 0 Å². The van der Waals surface area contributed by atoms with Crippen LogP contribution in [-0.2, 0) is 15.8 Å². The minimum atomic E-state index is -4.65. The maximum atomic E-state index is 13.0. The van der Waals surface area contributed by atoms with Crippen LogP contribution in [-0.4, -0.2) is 38.2 Å². The molecular formula is C20H17F3N4O3. The Labute approximate surface area is 169 Å². The predicted octanol–water partition coefficient (Wildman–Crippen LogP) is 3.37. The molecule has 1 fully saturated rings. The van der Waals surface area contributed by atoms with Gasteiger partial charge in [-0.15, -0.1) is 0 Å². The highest BCUT2D eigenvalue weighted by Crippen LogP contribution is 2.32. The van der Waals surface area contributed by atoms with Gasteiger partial charge in [-0.3, -0.25) is 19.9 Å². The standard InChI is InChI=1S/C20H17F3N4O3/c1-26(2)14-8-6-13(7-9-14)24-11-16-17(28)25-19(30)27(18(16)29)15-5-3-4-12(10-15)20(21,22)23/h3-11,16H,1-2H3,(H,25,28,30)/t16-/m0/s1. The maximum absolute atomic E-state index is 13.0. The second-order valence-corrected chi connectivity index (χ2v) is 6.68. The topological polar surface area (TPSA) is 82.1 Å². The van der Waals surface area contributed by atoms with Crippen LogP contribution in [0.5, 0.6) is 0 Å². The van der Waals surface area contributed by atoms with Gasteiger partial charge in [0.05, 0.1) is 16.9 Å². The van der Waals surface area contributed by atoms with Crippen molar-refractivity contribution in [3.63, 3.8) is 0 Å². The first-order chi connectivity index (χ1) is 14.1. The van der Waals surface area contributed by atoms with E-state index in [2.05, 4.69) is 4.99 Å². The molecular weight excluding hydrogens is 401 g/mol. The first-order valence-corrected chi connectivity index (χ1v) is 8.75. The maximum Gasteiger partial charge on any atom is 0.416 e. The van der Waals surface area contributed by atoms with Gasteiger partial charge in [0.25, 0.3) is 5.91 Å². The van der Waals surface area contributed by atoms with E-state index in [0.717, 1.165) is 24.0 Å². The van der Waals surface area contributed by atoms with Crippen LogP contribution in [0.4, 0.5) is 35.0 Å². The summed E-state index contributed by atoms with van der Waals surface area (Å²) in [4.78, 5) is 43.5. The van der Waals surface area contributed by atoms with E-state index in [0.29, 0.717) is 16.7 Å². The number of aliphatic imine (C=N–C) groups is 1. The molecule has 1 heterocycles. The number of halogens is 3. The lowest BCUT2D eigenvalue weighted by molar-refractivity contribution is -0.138. The van der Waals surface area contributed by atoms with Gasteiger partial charge in [-0.25, -0.2) is 9.69 Å². The fraction of sp³-hybridized carbons (Fsp3) is 0.200. The Balaban J connectivity index is 1.87. The van der Waals surface area contributed by atoms with Crippen LogP contribution in [0.25, 0.3) is 0 Å². The number of imide groups is 2. The predicted molar refractivity (Wildman–Crippen MR) is 105 cm³/mol. The van der Waals surface area contributed by atoms with Crippen molar-refractivity contribution in [1.82, 2.24) is 5.32 Å². The molecule has 0 saturated carbocycles. The van der Waals surface area contributed by atoms with Crippen LogP contribution in [0.2, 0.25) is 0 Å². The summed E-state index contributed by atoms with van der Waals surface area (Å²) in [6.45, 7) is 0. The third-order valence-electron chi connectivity index (χ3n) is 4.37. The number of nitrogens with zero attached hydrogens (tertiary/aromatic N) is 3. The van der Waals surface area contributed by atoms with Crippen molar-refractivity contribution in [3.8, 4) is 0 Å². The number of rotatable bonds is 4. The highest BCUT2D eigenvalue weighted by molar-refractivity contribution is 6.32. The van der Waals surface area contributed by atoms with Gasteiger partial charge in [0, 0.05) is 26.0 Å². The summed E-state index contributed by atoms with van der Waals surface area (Å²) >= 11 is 0.